The van der Waals surface area contributed by atoms with Gasteiger partial charge in [0.05, 0.1) is 5.69 Å². The molecule has 0 heterocycles. The van der Waals surface area contributed by atoms with Crippen LogP contribution in [0, 0.1) is 5.82 Å². The molecule has 0 aliphatic carbocycles. The maximum Gasteiger partial charge on any atom is 0.255 e. The molecule has 0 spiro atoms. The van der Waals surface area contributed by atoms with Crippen molar-refractivity contribution >= 4 is 17.3 Å². The lowest BCUT2D eigenvalue weighted by Crippen LogP contribution is -2.12. The van der Waals surface area contributed by atoms with E-state index in [1.165, 1.54) is 36.4 Å². The van der Waals surface area contributed by atoms with E-state index in [2.05, 4.69) is 5.32 Å². The summed E-state index contributed by atoms with van der Waals surface area (Å²) in [5, 5.41) is 11.5. The summed E-state index contributed by atoms with van der Waals surface area (Å²) < 4.78 is 13.5. The van der Waals surface area contributed by atoms with Gasteiger partial charge in [0, 0.05) is 11.3 Å². The van der Waals surface area contributed by atoms with Crippen LogP contribution >= 0.6 is 0 Å². The molecule has 0 saturated carbocycles. The summed E-state index contributed by atoms with van der Waals surface area (Å²) in [4.78, 5) is 11.8. The van der Waals surface area contributed by atoms with E-state index in [-0.39, 0.29) is 17.1 Å². The molecule has 0 aromatic heterocycles. The van der Waals surface area contributed by atoms with Crippen molar-refractivity contribution in [3.8, 4) is 5.75 Å². The van der Waals surface area contributed by atoms with Crippen molar-refractivity contribution in [3.63, 3.8) is 0 Å². The second-order valence-corrected chi connectivity index (χ2v) is 3.74. The Morgan fingerprint density at radius 3 is 2.44 bits per heavy atom. The van der Waals surface area contributed by atoms with Crippen LogP contribution in [0.4, 0.5) is 15.8 Å². The van der Waals surface area contributed by atoms with Crippen molar-refractivity contribution in [2.24, 2.45) is 0 Å². The third-order valence-electron chi connectivity index (χ3n) is 2.37. The van der Waals surface area contributed by atoms with Gasteiger partial charge < -0.3 is 16.2 Å². The fourth-order valence-corrected chi connectivity index (χ4v) is 1.44. The number of rotatable bonds is 2. The molecule has 0 atom stereocenters. The molecule has 0 aliphatic rings. The van der Waals surface area contributed by atoms with Crippen LogP contribution in [0.3, 0.4) is 0 Å². The maximum absolute atomic E-state index is 13.5. The van der Waals surface area contributed by atoms with Gasteiger partial charge in [0.1, 0.15) is 11.6 Å². The number of nitrogens with two attached hydrogens (primary N) is 1. The molecule has 0 fully saturated rings. The Morgan fingerprint density at radius 2 is 1.83 bits per heavy atom. The minimum Gasteiger partial charge on any atom is -0.508 e. The molecule has 2 aromatic carbocycles. The van der Waals surface area contributed by atoms with Gasteiger partial charge in [-0.3, -0.25) is 4.79 Å². The third kappa shape index (κ3) is 2.57. The van der Waals surface area contributed by atoms with Gasteiger partial charge in [-0.15, -0.1) is 0 Å². The molecule has 0 saturated heterocycles. The highest BCUT2D eigenvalue weighted by molar-refractivity contribution is 6.04. The predicted molar refractivity (Wildman–Crippen MR) is 66.9 cm³/mol. The molecular weight excluding hydrogens is 235 g/mol. The molecule has 0 bridgehead atoms. The van der Waals surface area contributed by atoms with Crippen molar-refractivity contribution in [2.45, 2.75) is 0 Å². The largest absolute Gasteiger partial charge is 0.508 e. The Kier molecular flexibility index (Phi) is 3.14. The normalized spacial score (nSPS) is 10.1. The summed E-state index contributed by atoms with van der Waals surface area (Å²) in [6.07, 6.45) is 0. The van der Waals surface area contributed by atoms with E-state index < -0.39 is 11.7 Å². The molecule has 18 heavy (non-hydrogen) atoms. The van der Waals surface area contributed by atoms with Crippen LogP contribution in [-0.4, -0.2) is 11.0 Å². The summed E-state index contributed by atoms with van der Waals surface area (Å²) in [7, 11) is 0. The van der Waals surface area contributed by atoms with E-state index in [1.54, 1.807) is 0 Å². The van der Waals surface area contributed by atoms with Gasteiger partial charge in [0.2, 0.25) is 0 Å². The number of amides is 1. The van der Waals surface area contributed by atoms with Crippen LogP contribution < -0.4 is 11.1 Å². The van der Waals surface area contributed by atoms with Crippen LogP contribution in [0.1, 0.15) is 10.4 Å². The number of anilines is 2. The number of carbonyl (C=O) groups excluding carboxylic acids is 1. The SMILES string of the molecule is Nc1ccc(NC(=O)c2ccc(O)cc2)c(F)c1. The summed E-state index contributed by atoms with van der Waals surface area (Å²) in [5.74, 6) is -0.994. The van der Waals surface area contributed by atoms with E-state index in [4.69, 9.17) is 10.8 Å². The fraction of sp³-hybridized carbons (Fsp3) is 0. The second-order valence-electron chi connectivity index (χ2n) is 3.74. The molecule has 0 aliphatic heterocycles. The van der Waals surface area contributed by atoms with E-state index >= 15 is 0 Å². The van der Waals surface area contributed by atoms with Crippen LogP contribution in [0.5, 0.6) is 5.75 Å². The Hall–Kier alpha value is -2.56. The maximum atomic E-state index is 13.5. The average molecular weight is 246 g/mol. The lowest BCUT2D eigenvalue weighted by Gasteiger charge is -2.07. The molecule has 2 aromatic rings. The molecule has 0 radical (unpaired) electrons. The second kappa shape index (κ2) is 4.75. The molecule has 2 rings (SSSR count). The zero-order valence-corrected chi connectivity index (χ0v) is 9.35. The lowest BCUT2D eigenvalue weighted by molar-refractivity contribution is 0.102. The Balaban J connectivity index is 2.18. The van der Waals surface area contributed by atoms with Crippen molar-refractivity contribution in [3.05, 3.63) is 53.8 Å². The van der Waals surface area contributed by atoms with E-state index in [0.29, 0.717) is 5.56 Å². The van der Waals surface area contributed by atoms with E-state index in [0.717, 1.165) is 6.07 Å². The fourth-order valence-electron chi connectivity index (χ4n) is 1.44. The minimum atomic E-state index is -0.595. The lowest BCUT2D eigenvalue weighted by atomic mass is 10.2. The smallest absolute Gasteiger partial charge is 0.255 e. The summed E-state index contributed by atoms with van der Waals surface area (Å²) in [6.45, 7) is 0. The number of phenolic OH excluding ortho intramolecular Hbond substituents is 1. The molecule has 92 valence electrons. The zero-order chi connectivity index (χ0) is 13.1. The number of hydrogen-bond acceptors (Lipinski definition) is 3. The number of nitrogen functional groups attached to an aromatic ring is 1. The van der Waals surface area contributed by atoms with Crippen LogP contribution in [0.2, 0.25) is 0 Å². The standard InChI is InChI=1S/C13H11FN2O2/c14-11-7-9(15)3-6-12(11)16-13(18)8-1-4-10(17)5-2-8/h1-7,17H,15H2,(H,16,18). The van der Waals surface area contributed by atoms with Crippen LogP contribution in [0.25, 0.3) is 0 Å². The number of carbonyl (C=O) groups is 1. The molecule has 0 unspecified atom stereocenters. The van der Waals surface area contributed by atoms with Crippen molar-refractivity contribution in [2.75, 3.05) is 11.1 Å². The van der Waals surface area contributed by atoms with Gasteiger partial charge in [-0.05, 0) is 42.5 Å². The first-order chi connectivity index (χ1) is 8.56. The Bertz CT molecular complexity index is 582. The molecule has 1 amide bonds. The third-order valence-corrected chi connectivity index (χ3v) is 2.37. The number of phenols is 1. The van der Waals surface area contributed by atoms with Crippen molar-refractivity contribution < 1.29 is 14.3 Å². The highest BCUT2D eigenvalue weighted by atomic mass is 19.1. The summed E-state index contributed by atoms with van der Waals surface area (Å²) >= 11 is 0. The average Bonchev–Trinajstić information content (AvgIpc) is 2.33. The quantitative estimate of drug-likeness (QED) is 0.712. The van der Waals surface area contributed by atoms with E-state index in [1.807, 2.05) is 0 Å². The van der Waals surface area contributed by atoms with Crippen molar-refractivity contribution in [1.29, 1.82) is 0 Å². The number of benzene rings is 2. The van der Waals surface area contributed by atoms with Crippen LogP contribution in [-0.2, 0) is 0 Å². The number of halogens is 1. The number of nitrogens with one attached hydrogen (secondary N) is 1. The van der Waals surface area contributed by atoms with Gasteiger partial charge in [-0.1, -0.05) is 0 Å². The van der Waals surface area contributed by atoms with Gasteiger partial charge >= 0.3 is 0 Å². The first kappa shape index (κ1) is 11.9. The molecule has 4 N–H and O–H groups in total. The summed E-state index contributed by atoms with van der Waals surface area (Å²) in [6, 6.07) is 9.67. The number of hydrogen-bond donors (Lipinski definition) is 3. The number of aromatic hydroxyl groups is 1. The van der Waals surface area contributed by atoms with E-state index in [9.17, 15) is 9.18 Å². The molecular formula is C13H11FN2O2. The van der Waals surface area contributed by atoms with Crippen LogP contribution in [0.15, 0.2) is 42.5 Å². The van der Waals surface area contributed by atoms with Gasteiger partial charge in [-0.2, -0.15) is 0 Å². The van der Waals surface area contributed by atoms with Gasteiger partial charge in [0.25, 0.3) is 5.91 Å². The first-order valence-electron chi connectivity index (χ1n) is 5.21. The summed E-state index contributed by atoms with van der Waals surface area (Å²) in [5.41, 5.74) is 6.07. The molecule has 5 heteroatoms. The highest BCUT2D eigenvalue weighted by Crippen LogP contribution is 2.18. The van der Waals surface area contributed by atoms with Gasteiger partial charge in [-0.25, -0.2) is 4.39 Å². The Morgan fingerprint density at radius 1 is 1.17 bits per heavy atom. The van der Waals surface area contributed by atoms with Gasteiger partial charge in [0.15, 0.2) is 0 Å². The first-order valence-corrected chi connectivity index (χ1v) is 5.21. The van der Waals surface area contributed by atoms with Crippen molar-refractivity contribution in [1.82, 2.24) is 0 Å². The zero-order valence-electron chi connectivity index (χ0n) is 9.35. The Labute approximate surface area is 103 Å². The highest BCUT2D eigenvalue weighted by Gasteiger charge is 2.09. The monoisotopic (exact) mass is 246 g/mol. The minimum absolute atomic E-state index is 0.0577. The topological polar surface area (TPSA) is 75.3 Å². The predicted octanol–water partition coefficient (Wildman–Crippen LogP) is 2.37. The molecule has 4 nitrogen and oxygen atoms in total.